The van der Waals surface area contributed by atoms with E-state index in [2.05, 4.69) is 11.9 Å². The second kappa shape index (κ2) is 7.08. The Balaban J connectivity index is 2.27. The highest BCUT2D eigenvalue weighted by molar-refractivity contribution is 7.13. The molecule has 2 aromatic rings. The highest BCUT2D eigenvalue weighted by Crippen LogP contribution is 2.33. The molecule has 6 heteroatoms. The summed E-state index contributed by atoms with van der Waals surface area (Å²) in [6.45, 7) is 2.72. The van der Waals surface area contributed by atoms with Gasteiger partial charge in [0.2, 0.25) is 0 Å². The maximum atomic E-state index is 10.9. The van der Waals surface area contributed by atoms with Gasteiger partial charge in [-0.1, -0.05) is 13.3 Å². The second-order valence-corrected chi connectivity index (χ2v) is 5.27. The number of hydrogen-bond acceptors (Lipinski definition) is 5. The molecule has 5 nitrogen and oxygen atoms in total. The van der Waals surface area contributed by atoms with Crippen LogP contribution in [-0.2, 0) is 0 Å². The Hall–Kier alpha value is -2.08. The molecule has 0 amide bonds. The minimum atomic E-state index is -1.02. The number of carboxylic acids is 1. The third-order valence-corrected chi connectivity index (χ3v) is 3.78. The molecule has 0 fully saturated rings. The van der Waals surface area contributed by atoms with Crippen molar-refractivity contribution in [2.24, 2.45) is 0 Å². The molecule has 112 valence electrons. The number of carbonyl (C=O) groups is 1. The zero-order valence-electron chi connectivity index (χ0n) is 12.0. The van der Waals surface area contributed by atoms with Gasteiger partial charge in [0.1, 0.15) is 5.01 Å². The summed E-state index contributed by atoms with van der Waals surface area (Å²) < 4.78 is 11.0. The van der Waals surface area contributed by atoms with Gasteiger partial charge in [-0.2, -0.15) is 0 Å². The molecule has 1 heterocycles. The van der Waals surface area contributed by atoms with Gasteiger partial charge in [-0.05, 0) is 24.6 Å². The van der Waals surface area contributed by atoms with Gasteiger partial charge in [-0.25, -0.2) is 9.78 Å². The number of unbranched alkanes of at least 4 members (excludes halogenated alkanes) is 1. The van der Waals surface area contributed by atoms with Crippen molar-refractivity contribution in [3.63, 3.8) is 0 Å². The summed E-state index contributed by atoms with van der Waals surface area (Å²) in [6.07, 6.45) is 2.02. The predicted molar refractivity (Wildman–Crippen MR) is 81.5 cm³/mol. The molecule has 0 aliphatic heterocycles. The number of thiazole rings is 1. The fourth-order valence-electron chi connectivity index (χ4n) is 1.75. The third-order valence-electron chi connectivity index (χ3n) is 2.89. The first-order valence-corrected chi connectivity index (χ1v) is 7.53. The smallest absolute Gasteiger partial charge is 0.355 e. The number of aromatic carboxylic acids is 1. The van der Waals surface area contributed by atoms with Crippen molar-refractivity contribution in [2.75, 3.05) is 13.7 Å². The number of nitrogens with zero attached hydrogens (tertiary/aromatic N) is 1. The molecular formula is C15H17NO4S. The van der Waals surface area contributed by atoms with E-state index in [-0.39, 0.29) is 5.69 Å². The van der Waals surface area contributed by atoms with Crippen LogP contribution in [-0.4, -0.2) is 29.8 Å². The number of benzene rings is 1. The van der Waals surface area contributed by atoms with Crippen molar-refractivity contribution < 1.29 is 19.4 Å². The maximum Gasteiger partial charge on any atom is 0.355 e. The van der Waals surface area contributed by atoms with Crippen molar-refractivity contribution in [3.8, 4) is 22.1 Å². The van der Waals surface area contributed by atoms with E-state index >= 15 is 0 Å². The van der Waals surface area contributed by atoms with Crippen molar-refractivity contribution in [2.45, 2.75) is 19.8 Å². The topological polar surface area (TPSA) is 68.7 Å². The van der Waals surface area contributed by atoms with E-state index < -0.39 is 5.97 Å². The van der Waals surface area contributed by atoms with Gasteiger partial charge in [0.25, 0.3) is 0 Å². The first-order chi connectivity index (χ1) is 10.2. The minimum absolute atomic E-state index is 0.0549. The van der Waals surface area contributed by atoms with Crippen LogP contribution >= 0.6 is 11.3 Å². The largest absolute Gasteiger partial charge is 0.493 e. The normalized spacial score (nSPS) is 10.4. The molecule has 0 unspecified atom stereocenters. The van der Waals surface area contributed by atoms with Gasteiger partial charge in [-0.3, -0.25) is 0 Å². The Kier molecular flexibility index (Phi) is 5.16. The van der Waals surface area contributed by atoms with Gasteiger partial charge >= 0.3 is 5.97 Å². The lowest BCUT2D eigenvalue weighted by Gasteiger charge is -2.11. The summed E-state index contributed by atoms with van der Waals surface area (Å²) in [5, 5.41) is 11.1. The number of carboxylic acid groups (broad SMARTS) is 1. The molecule has 1 N–H and O–H groups in total. The molecule has 0 saturated heterocycles. The van der Waals surface area contributed by atoms with E-state index in [1.807, 2.05) is 12.1 Å². The van der Waals surface area contributed by atoms with Crippen LogP contribution in [0.2, 0.25) is 0 Å². The molecule has 21 heavy (non-hydrogen) atoms. The zero-order valence-corrected chi connectivity index (χ0v) is 12.8. The SMILES string of the molecule is CCCCOc1cc(-c2nc(C(=O)O)cs2)ccc1OC. The number of methoxy groups -OCH3 is 1. The lowest BCUT2D eigenvalue weighted by atomic mass is 10.2. The first-order valence-electron chi connectivity index (χ1n) is 6.65. The fourth-order valence-corrected chi connectivity index (χ4v) is 2.54. The predicted octanol–water partition coefficient (Wildman–Crippen LogP) is 3.70. The Morgan fingerprint density at radius 2 is 2.19 bits per heavy atom. The maximum absolute atomic E-state index is 10.9. The molecule has 0 aliphatic rings. The average molecular weight is 307 g/mol. The molecule has 0 radical (unpaired) electrons. The van der Waals surface area contributed by atoms with Crippen LogP contribution in [0, 0.1) is 0 Å². The Morgan fingerprint density at radius 3 is 2.81 bits per heavy atom. The summed E-state index contributed by atoms with van der Waals surface area (Å²) >= 11 is 1.29. The fraction of sp³-hybridized carbons (Fsp3) is 0.333. The third kappa shape index (κ3) is 3.72. The van der Waals surface area contributed by atoms with Crippen molar-refractivity contribution in [1.82, 2.24) is 4.98 Å². The minimum Gasteiger partial charge on any atom is -0.493 e. The van der Waals surface area contributed by atoms with E-state index in [0.29, 0.717) is 23.1 Å². The van der Waals surface area contributed by atoms with E-state index in [4.69, 9.17) is 14.6 Å². The van der Waals surface area contributed by atoms with Crippen LogP contribution < -0.4 is 9.47 Å². The van der Waals surface area contributed by atoms with Crippen LogP contribution in [0.4, 0.5) is 0 Å². The van der Waals surface area contributed by atoms with E-state index in [9.17, 15) is 4.79 Å². The molecule has 2 rings (SSSR count). The number of hydrogen-bond donors (Lipinski definition) is 1. The van der Waals surface area contributed by atoms with Gasteiger partial charge in [0.15, 0.2) is 17.2 Å². The van der Waals surface area contributed by atoms with Crippen LogP contribution in [0.1, 0.15) is 30.3 Å². The molecule has 0 bridgehead atoms. The van der Waals surface area contributed by atoms with Crippen LogP contribution in [0.25, 0.3) is 10.6 Å². The second-order valence-electron chi connectivity index (χ2n) is 4.41. The first kappa shape index (κ1) is 15.3. The van der Waals surface area contributed by atoms with Crippen molar-refractivity contribution >= 4 is 17.3 Å². The average Bonchev–Trinajstić information content (AvgIpc) is 2.97. The van der Waals surface area contributed by atoms with Crippen molar-refractivity contribution in [3.05, 3.63) is 29.3 Å². The van der Waals surface area contributed by atoms with Gasteiger partial charge in [0.05, 0.1) is 13.7 Å². The Morgan fingerprint density at radius 1 is 1.38 bits per heavy atom. The molecule has 1 aromatic heterocycles. The molecule has 1 aromatic carbocycles. The van der Waals surface area contributed by atoms with Gasteiger partial charge in [-0.15, -0.1) is 11.3 Å². The Labute approximate surface area is 127 Å². The summed E-state index contributed by atoms with van der Waals surface area (Å²) in [5.74, 6) is 0.283. The molecule has 0 atom stereocenters. The lowest BCUT2D eigenvalue weighted by Crippen LogP contribution is -1.99. The van der Waals surface area contributed by atoms with Crippen LogP contribution in [0.3, 0.4) is 0 Å². The number of ether oxygens (including phenoxy) is 2. The highest BCUT2D eigenvalue weighted by Gasteiger charge is 2.12. The summed E-state index contributed by atoms with van der Waals surface area (Å²) in [6, 6.07) is 5.48. The van der Waals surface area contributed by atoms with Gasteiger partial charge < -0.3 is 14.6 Å². The number of aromatic nitrogens is 1. The standard InChI is InChI=1S/C15H17NO4S/c1-3-4-7-20-13-8-10(5-6-12(13)19-2)14-16-11(9-21-14)15(17)18/h5-6,8-9H,3-4,7H2,1-2H3,(H,17,18). The number of rotatable bonds is 7. The van der Waals surface area contributed by atoms with E-state index in [1.54, 1.807) is 13.2 Å². The van der Waals surface area contributed by atoms with Crippen molar-refractivity contribution in [1.29, 1.82) is 0 Å². The quantitative estimate of drug-likeness (QED) is 0.790. The summed E-state index contributed by atoms with van der Waals surface area (Å²) in [7, 11) is 1.59. The Bertz CT molecular complexity index is 624. The van der Waals surface area contributed by atoms with Gasteiger partial charge in [0, 0.05) is 10.9 Å². The van der Waals surface area contributed by atoms with Crippen LogP contribution in [0.15, 0.2) is 23.6 Å². The summed E-state index contributed by atoms with van der Waals surface area (Å²) in [4.78, 5) is 15.0. The molecular weight excluding hydrogens is 290 g/mol. The lowest BCUT2D eigenvalue weighted by molar-refractivity contribution is 0.0691. The molecule has 0 saturated carbocycles. The monoisotopic (exact) mass is 307 g/mol. The van der Waals surface area contributed by atoms with E-state index in [0.717, 1.165) is 18.4 Å². The highest BCUT2D eigenvalue weighted by atomic mass is 32.1. The van der Waals surface area contributed by atoms with E-state index in [1.165, 1.54) is 16.7 Å². The molecule has 0 spiro atoms. The zero-order chi connectivity index (χ0) is 15.2. The van der Waals surface area contributed by atoms with Crippen LogP contribution in [0.5, 0.6) is 11.5 Å². The summed E-state index contributed by atoms with van der Waals surface area (Å²) in [5.41, 5.74) is 0.874. The molecule has 0 aliphatic carbocycles.